The molecule has 0 radical (unpaired) electrons. The van der Waals surface area contributed by atoms with E-state index in [9.17, 15) is 4.39 Å². The lowest BCUT2D eigenvalue weighted by molar-refractivity contribution is 0.487. The Kier molecular flexibility index (Phi) is 3.74. The highest BCUT2D eigenvalue weighted by Gasteiger charge is 2.28. The molecule has 2 aromatic rings. The predicted octanol–water partition coefficient (Wildman–Crippen LogP) is 3.43. The summed E-state index contributed by atoms with van der Waals surface area (Å²) in [6.07, 6.45) is 5.39. The summed E-state index contributed by atoms with van der Waals surface area (Å²) in [6.45, 7) is 2.95. The molecule has 1 aliphatic rings. The van der Waals surface area contributed by atoms with Gasteiger partial charge in [-0.3, -0.25) is 0 Å². The van der Waals surface area contributed by atoms with Crippen LogP contribution in [0, 0.1) is 11.7 Å². The van der Waals surface area contributed by atoms with Gasteiger partial charge in [0.1, 0.15) is 11.3 Å². The molecule has 3 rings (SSSR count). The maximum atomic E-state index is 13.9. The maximum Gasteiger partial charge on any atom is 0.151 e. The van der Waals surface area contributed by atoms with Crippen molar-refractivity contribution in [2.75, 3.05) is 6.54 Å². The quantitative estimate of drug-likeness (QED) is 0.877. The van der Waals surface area contributed by atoms with Crippen molar-refractivity contribution >= 4 is 11.0 Å². The Morgan fingerprint density at radius 2 is 2.20 bits per heavy atom. The third-order valence-electron chi connectivity index (χ3n) is 4.18. The topological polar surface area (TPSA) is 43.8 Å². The Hall–Kier alpha value is -1.42. The number of para-hydroxylation sites is 1. The minimum atomic E-state index is -0.210. The van der Waals surface area contributed by atoms with Crippen LogP contribution in [0.2, 0.25) is 0 Å². The SMILES string of the molecule is CC(CCN)CCc1nc2c(F)cccc2n1C1CC1. The second kappa shape index (κ2) is 5.52. The summed E-state index contributed by atoms with van der Waals surface area (Å²) in [5.41, 5.74) is 7.08. The molecule has 108 valence electrons. The number of hydrogen-bond acceptors (Lipinski definition) is 2. The molecule has 0 spiro atoms. The van der Waals surface area contributed by atoms with E-state index in [1.807, 2.05) is 6.07 Å². The van der Waals surface area contributed by atoms with Crippen molar-refractivity contribution in [2.45, 2.75) is 45.1 Å². The molecule has 0 bridgehead atoms. The van der Waals surface area contributed by atoms with Gasteiger partial charge < -0.3 is 10.3 Å². The number of fused-ring (bicyclic) bond motifs is 1. The summed E-state index contributed by atoms with van der Waals surface area (Å²) in [6, 6.07) is 5.78. The summed E-state index contributed by atoms with van der Waals surface area (Å²) in [5, 5.41) is 0. The first-order chi connectivity index (χ1) is 9.70. The van der Waals surface area contributed by atoms with Gasteiger partial charge in [0, 0.05) is 12.5 Å². The van der Waals surface area contributed by atoms with Gasteiger partial charge in [-0.15, -0.1) is 0 Å². The molecule has 1 fully saturated rings. The van der Waals surface area contributed by atoms with E-state index in [4.69, 9.17) is 5.73 Å². The van der Waals surface area contributed by atoms with Gasteiger partial charge in [0.15, 0.2) is 5.82 Å². The van der Waals surface area contributed by atoms with Crippen LogP contribution in [0.1, 0.15) is 44.5 Å². The minimum absolute atomic E-state index is 0.210. The number of halogens is 1. The van der Waals surface area contributed by atoms with Gasteiger partial charge in [0.05, 0.1) is 5.52 Å². The zero-order valence-electron chi connectivity index (χ0n) is 12.0. The number of imidazole rings is 1. The molecule has 1 aromatic carbocycles. The molecule has 3 nitrogen and oxygen atoms in total. The first-order valence-corrected chi connectivity index (χ1v) is 7.56. The van der Waals surface area contributed by atoms with Crippen LogP contribution >= 0.6 is 0 Å². The highest BCUT2D eigenvalue weighted by Crippen LogP contribution is 2.39. The summed E-state index contributed by atoms with van der Waals surface area (Å²) in [4.78, 5) is 4.56. The molecule has 1 atom stereocenters. The van der Waals surface area contributed by atoms with Gasteiger partial charge in [-0.2, -0.15) is 0 Å². The van der Waals surface area contributed by atoms with Crippen molar-refractivity contribution < 1.29 is 4.39 Å². The lowest BCUT2D eigenvalue weighted by atomic mass is 10.0. The number of rotatable bonds is 6. The molecular weight excluding hydrogens is 253 g/mol. The van der Waals surface area contributed by atoms with Gasteiger partial charge in [-0.05, 0) is 50.3 Å². The number of aryl methyl sites for hydroxylation is 1. The second-order valence-corrected chi connectivity index (χ2v) is 5.96. The molecule has 20 heavy (non-hydrogen) atoms. The minimum Gasteiger partial charge on any atom is -0.330 e. The monoisotopic (exact) mass is 275 g/mol. The van der Waals surface area contributed by atoms with Crippen LogP contribution in [0.3, 0.4) is 0 Å². The van der Waals surface area contributed by atoms with E-state index >= 15 is 0 Å². The van der Waals surface area contributed by atoms with Gasteiger partial charge in [0.2, 0.25) is 0 Å². The van der Waals surface area contributed by atoms with Crippen LogP contribution in [-0.4, -0.2) is 16.1 Å². The molecule has 1 saturated carbocycles. The lowest BCUT2D eigenvalue weighted by Gasteiger charge is -2.11. The molecule has 0 aliphatic heterocycles. The first kappa shape index (κ1) is 13.6. The van der Waals surface area contributed by atoms with E-state index < -0.39 is 0 Å². The second-order valence-electron chi connectivity index (χ2n) is 5.96. The molecule has 1 heterocycles. The Bertz CT molecular complexity index is 601. The van der Waals surface area contributed by atoms with E-state index in [2.05, 4.69) is 16.5 Å². The van der Waals surface area contributed by atoms with Gasteiger partial charge in [-0.1, -0.05) is 13.0 Å². The fraction of sp³-hybridized carbons (Fsp3) is 0.562. The zero-order valence-corrected chi connectivity index (χ0v) is 12.0. The normalized spacial score (nSPS) is 16.8. The van der Waals surface area contributed by atoms with Gasteiger partial charge >= 0.3 is 0 Å². The Balaban J connectivity index is 1.89. The van der Waals surface area contributed by atoms with Crippen LogP contribution in [0.25, 0.3) is 11.0 Å². The number of benzene rings is 1. The Morgan fingerprint density at radius 3 is 2.90 bits per heavy atom. The van der Waals surface area contributed by atoms with Gasteiger partial charge in [0.25, 0.3) is 0 Å². The van der Waals surface area contributed by atoms with Crippen molar-refractivity contribution in [1.29, 1.82) is 0 Å². The molecule has 1 aromatic heterocycles. The summed E-state index contributed by atoms with van der Waals surface area (Å²) >= 11 is 0. The fourth-order valence-electron chi connectivity index (χ4n) is 2.85. The molecular formula is C16H22FN3. The number of nitrogens with two attached hydrogens (primary N) is 1. The van der Waals surface area contributed by atoms with Gasteiger partial charge in [-0.25, -0.2) is 9.37 Å². The van der Waals surface area contributed by atoms with E-state index in [1.165, 1.54) is 18.9 Å². The van der Waals surface area contributed by atoms with Crippen molar-refractivity contribution in [1.82, 2.24) is 9.55 Å². The maximum absolute atomic E-state index is 13.9. The number of hydrogen-bond donors (Lipinski definition) is 1. The highest BCUT2D eigenvalue weighted by atomic mass is 19.1. The summed E-state index contributed by atoms with van der Waals surface area (Å²) in [5.74, 6) is 1.42. The number of nitrogens with zero attached hydrogens (tertiary/aromatic N) is 2. The zero-order chi connectivity index (χ0) is 14.1. The summed E-state index contributed by atoms with van der Waals surface area (Å²) in [7, 11) is 0. The number of aromatic nitrogens is 2. The first-order valence-electron chi connectivity index (χ1n) is 7.56. The molecule has 2 N–H and O–H groups in total. The Labute approximate surface area is 119 Å². The third-order valence-corrected chi connectivity index (χ3v) is 4.18. The van der Waals surface area contributed by atoms with Crippen LogP contribution < -0.4 is 5.73 Å². The third kappa shape index (κ3) is 2.57. The van der Waals surface area contributed by atoms with Crippen molar-refractivity contribution in [3.63, 3.8) is 0 Å². The molecule has 0 saturated heterocycles. The molecule has 1 aliphatic carbocycles. The summed E-state index contributed by atoms with van der Waals surface area (Å²) < 4.78 is 16.1. The molecule has 1 unspecified atom stereocenters. The standard InChI is InChI=1S/C16H22FN3/c1-11(9-10-18)5-8-15-19-16-13(17)3-2-4-14(16)20(15)12-6-7-12/h2-4,11-12H,5-10,18H2,1H3. The van der Waals surface area contributed by atoms with Crippen molar-refractivity contribution in [3.05, 3.63) is 29.8 Å². The van der Waals surface area contributed by atoms with Crippen LogP contribution in [0.4, 0.5) is 4.39 Å². The largest absolute Gasteiger partial charge is 0.330 e. The highest BCUT2D eigenvalue weighted by molar-refractivity contribution is 5.77. The lowest BCUT2D eigenvalue weighted by Crippen LogP contribution is -2.08. The van der Waals surface area contributed by atoms with E-state index in [-0.39, 0.29) is 5.82 Å². The average Bonchev–Trinajstić information content (AvgIpc) is 3.18. The average molecular weight is 275 g/mol. The van der Waals surface area contributed by atoms with E-state index in [1.54, 1.807) is 6.07 Å². The fourth-order valence-corrected chi connectivity index (χ4v) is 2.85. The van der Waals surface area contributed by atoms with E-state index in [0.717, 1.165) is 37.1 Å². The van der Waals surface area contributed by atoms with Crippen LogP contribution in [-0.2, 0) is 6.42 Å². The van der Waals surface area contributed by atoms with Crippen molar-refractivity contribution in [2.24, 2.45) is 11.7 Å². The van der Waals surface area contributed by atoms with Crippen LogP contribution in [0.5, 0.6) is 0 Å². The predicted molar refractivity (Wildman–Crippen MR) is 79.1 cm³/mol. The molecule has 0 amide bonds. The van der Waals surface area contributed by atoms with E-state index in [0.29, 0.717) is 17.5 Å². The van der Waals surface area contributed by atoms with Crippen LogP contribution in [0.15, 0.2) is 18.2 Å². The Morgan fingerprint density at radius 1 is 1.40 bits per heavy atom. The smallest absolute Gasteiger partial charge is 0.151 e. The molecule has 4 heteroatoms. The van der Waals surface area contributed by atoms with Crippen molar-refractivity contribution in [3.8, 4) is 0 Å².